The molecule has 0 radical (unpaired) electrons. The number of carbonyl (C=O) groups excluding carboxylic acids is 4. The van der Waals surface area contributed by atoms with E-state index < -0.39 is 23.9 Å². The minimum absolute atomic E-state index is 0.0336. The van der Waals surface area contributed by atoms with Crippen molar-refractivity contribution in [2.45, 2.75) is 20.3 Å². The summed E-state index contributed by atoms with van der Waals surface area (Å²) in [6.07, 6.45) is 0.269. The van der Waals surface area contributed by atoms with E-state index in [0.717, 1.165) is 6.42 Å². The Morgan fingerprint density at radius 1 is 0.867 bits per heavy atom. The minimum Gasteiger partial charge on any atom is -0.465 e. The number of hydrogen-bond acceptors (Lipinski definition) is 10. The topological polar surface area (TPSA) is 156 Å². The molecule has 0 unspecified atom stereocenters. The van der Waals surface area contributed by atoms with Crippen LogP contribution >= 0.6 is 0 Å². The predicted octanol–water partition coefficient (Wildman–Crippen LogP) is -0.951. The molecule has 2 amide bonds. The fourth-order valence-electron chi connectivity index (χ4n) is 1.99. The van der Waals surface area contributed by atoms with Crippen LogP contribution in [0.2, 0.25) is 0 Å². The summed E-state index contributed by atoms with van der Waals surface area (Å²) in [7, 11) is 0. The van der Waals surface area contributed by atoms with E-state index in [1.54, 1.807) is 4.90 Å². The van der Waals surface area contributed by atoms with Crippen molar-refractivity contribution in [1.29, 1.82) is 0 Å². The number of carbonyl (C=O) groups is 4. The van der Waals surface area contributed by atoms with Gasteiger partial charge in [-0.25, -0.2) is 9.59 Å². The van der Waals surface area contributed by atoms with Gasteiger partial charge in [0.1, 0.15) is 19.8 Å². The minimum atomic E-state index is -0.561. The molecule has 12 heteroatoms. The molecular weight excluding hydrogens is 402 g/mol. The Labute approximate surface area is 176 Å². The van der Waals surface area contributed by atoms with Gasteiger partial charge in [0.2, 0.25) is 5.91 Å². The van der Waals surface area contributed by atoms with Crippen LogP contribution in [0.5, 0.6) is 0 Å². The zero-order valence-corrected chi connectivity index (χ0v) is 17.7. The van der Waals surface area contributed by atoms with E-state index in [0.29, 0.717) is 19.7 Å². The molecule has 0 rings (SSSR count). The highest BCUT2D eigenvalue weighted by Crippen LogP contribution is 1.92. The van der Waals surface area contributed by atoms with Gasteiger partial charge in [-0.15, -0.1) is 0 Å². The molecule has 0 saturated carbocycles. The number of alkyl carbamates (subject to hydrolysis) is 1. The summed E-state index contributed by atoms with van der Waals surface area (Å²) in [4.78, 5) is 46.2. The maximum Gasteiger partial charge on any atom is 0.407 e. The first-order valence-electron chi connectivity index (χ1n) is 9.70. The molecule has 0 aromatic carbocycles. The molecule has 0 aromatic rings. The van der Waals surface area contributed by atoms with Gasteiger partial charge in [-0.3, -0.25) is 14.5 Å². The van der Waals surface area contributed by atoms with Crippen molar-refractivity contribution in [1.82, 2.24) is 10.2 Å². The van der Waals surface area contributed by atoms with Crippen LogP contribution in [0.4, 0.5) is 4.79 Å². The number of amides is 2. The highest BCUT2D eigenvalue weighted by Gasteiger charge is 2.11. The molecule has 30 heavy (non-hydrogen) atoms. The Morgan fingerprint density at radius 2 is 1.53 bits per heavy atom. The zero-order valence-electron chi connectivity index (χ0n) is 17.7. The lowest BCUT2D eigenvalue weighted by molar-refractivity contribution is -0.149. The van der Waals surface area contributed by atoms with E-state index in [1.807, 2.05) is 6.92 Å². The second kappa shape index (κ2) is 18.6. The van der Waals surface area contributed by atoms with Crippen LogP contribution in [0.1, 0.15) is 20.3 Å². The van der Waals surface area contributed by atoms with Crippen molar-refractivity contribution in [3.63, 3.8) is 0 Å². The summed E-state index contributed by atoms with van der Waals surface area (Å²) < 4.78 is 25.0. The summed E-state index contributed by atoms with van der Waals surface area (Å²) in [5, 5.41) is 2.53. The van der Waals surface area contributed by atoms with Gasteiger partial charge >= 0.3 is 18.0 Å². The van der Waals surface area contributed by atoms with Gasteiger partial charge in [0.25, 0.3) is 0 Å². The maximum absolute atomic E-state index is 11.6. The number of ether oxygens (including phenoxy) is 5. The van der Waals surface area contributed by atoms with Crippen molar-refractivity contribution in [2.75, 3.05) is 72.4 Å². The lowest BCUT2D eigenvalue weighted by Gasteiger charge is -2.20. The fraction of sp³-hybridized carbons (Fsp3) is 0.778. The molecule has 174 valence electrons. The number of esters is 2. The monoisotopic (exact) mass is 435 g/mol. The highest BCUT2D eigenvalue weighted by atomic mass is 16.6. The molecule has 0 aliphatic heterocycles. The highest BCUT2D eigenvalue weighted by molar-refractivity contribution is 5.76. The third kappa shape index (κ3) is 18.9. The van der Waals surface area contributed by atoms with Crippen molar-refractivity contribution >= 4 is 23.9 Å². The molecule has 0 aliphatic carbocycles. The quantitative estimate of drug-likeness (QED) is 0.156. The summed E-state index contributed by atoms with van der Waals surface area (Å²) >= 11 is 0. The molecule has 12 nitrogen and oxygen atoms in total. The molecule has 0 spiro atoms. The van der Waals surface area contributed by atoms with E-state index in [9.17, 15) is 19.2 Å². The summed E-state index contributed by atoms with van der Waals surface area (Å²) in [5.41, 5.74) is 5.16. The molecule has 0 bridgehead atoms. The normalized spacial score (nSPS) is 10.5. The molecule has 0 heterocycles. The maximum atomic E-state index is 11.6. The molecule has 0 aromatic heterocycles. The molecule has 3 N–H and O–H groups in total. The van der Waals surface area contributed by atoms with E-state index >= 15 is 0 Å². The number of primary amides is 1. The van der Waals surface area contributed by atoms with E-state index in [-0.39, 0.29) is 52.7 Å². The third-order valence-electron chi connectivity index (χ3n) is 3.31. The Kier molecular flexibility index (Phi) is 17.1. The Hall–Kier alpha value is -2.44. The number of hydrogen-bond donors (Lipinski definition) is 2. The van der Waals surface area contributed by atoms with Crippen LogP contribution in [-0.2, 0) is 38.1 Å². The van der Waals surface area contributed by atoms with Crippen LogP contribution in [0.15, 0.2) is 0 Å². The summed E-state index contributed by atoms with van der Waals surface area (Å²) in [6.45, 7) is 4.99. The van der Waals surface area contributed by atoms with Crippen molar-refractivity contribution in [3.05, 3.63) is 0 Å². The van der Waals surface area contributed by atoms with E-state index in [1.165, 1.54) is 6.92 Å². The second-order valence-corrected chi connectivity index (χ2v) is 6.03. The fourth-order valence-corrected chi connectivity index (χ4v) is 1.99. The Balaban J connectivity index is 3.69. The number of nitrogens with zero attached hydrogens (tertiary/aromatic N) is 1. The van der Waals surface area contributed by atoms with E-state index in [2.05, 4.69) is 5.32 Å². The predicted molar refractivity (Wildman–Crippen MR) is 105 cm³/mol. The van der Waals surface area contributed by atoms with Crippen molar-refractivity contribution in [3.8, 4) is 0 Å². The van der Waals surface area contributed by atoms with Gasteiger partial charge in [-0.2, -0.15) is 0 Å². The molecular formula is C18H33N3O9. The van der Waals surface area contributed by atoms with Crippen LogP contribution in [0.25, 0.3) is 0 Å². The number of nitrogens with one attached hydrogen (secondary N) is 1. The zero-order chi connectivity index (χ0) is 22.6. The van der Waals surface area contributed by atoms with Gasteiger partial charge < -0.3 is 34.7 Å². The van der Waals surface area contributed by atoms with E-state index in [4.69, 9.17) is 29.4 Å². The van der Waals surface area contributed by atoms with Crippen molar-refractivity contribution in [2.24, 2.45) is 5.73 Å². The first-order valence-corrected chi connectivity index (χ1v) is 9.70. The molecule has 0 saturated heterocycles. The Bertz CT molecular complexity index is 517. The van der Waals surface area contributed by atoms with Crippen LogP contribution in [0, 0.1) is 0 Å². The van der Waals surface area contributed by atoms with Crippen molar-refractivity contribution < 1.29 is 42.9 Å². The van der Waals surface area contributed by atoms with Crippen LogP contribution in [-0.4, -0.2) is 101 Å². The van der Waals surface area contributed by atoms with Crippen LogP contribution < -0.4 is 11.1 Å². The largest absolute Gasteiger partial charge is 0.465 e. The average molecular weight is 435 g/mol. The lowest BCUT2D eigenvalue weighted by atomic mass is 10.4. The van der Waals surface area contributed by atoms with Gasteiger partial charge in [0, 0.05) is 26.6 Å². The lowest BCUT2D eigenvalue weighted by Crippen LogP contribution is -2.38. The Morgan fingerprint density at radius 3 is 2.17 bits per heavy atom. The van der Waals surface area contributed by atoms with Gasteiger partial charge in [-0.1, -0.05) is 6.92 Å². The van der Waals surface area contributed by atoms with Gasteiger partial charge in [-0.05, 0) is 6.42 Å². The molecule has 0 atom stereocenters. The summed E-state index contributed by atoms with van der Waals surface area (Å²) in [6, 6.07) is 0. The van der Waals surface area contributed by atoms with Gasteiger partial charge in [0.15, 0.2) is 0 Å². The van der Waals surface area contributed by atoms with Crippen LogP contribution in [0.3, 0.4) is 0 Å². The first kappa shape index (κ1) is 27.6. The number of nitrogens with two attached hydrogens (primary N) is 1. The third-order valence-corrected chi connectivity index (χ3v) is 3.31. The number of rotatable bonds is 18. The first-order chi connectivity index (χ1) is 14.3. The SMILES string of the molecule is CCCOC(=O)NCCOCCOCC(=O)OCCN(CCOC(C)=O)CC(N)=O. The average Bonchev–Trinajstić information content (AvgIpc) is 2.67. The standard InChI is InChI=1S/C18H33N3O9/c1-3-7-30-18(25)20-4-8-26-11-12-27-14-17(24)29-10-6-21(13-16(19)23)5-9-28-15(2)22/h3-14H2,1-2H3,(H2,19,23)(H,20,25). The molecule has 0 fully saturated rings. The second-order valence-electron chi connectivity index (χ2n) is 6.03. The molecule has 0 aliphatic rings. The van der Waals surface area contributed by atoms with Gasteiger partial charge in [0.05, 0.1) is 33.0 Å². The summed E-state index contributed by atoms with van der Waals surface area (Å²) in [5.74, 6) is -1.53. The smallest absolute Gasteiger partial charge is 0.407 e.